The number of guanidine groups is 1. The molecule has 2 aromatic rings. The number of rotatable bonds is 6. The molecule has 27 heavy (non-hydrogen) atoms. The first-order valence-corrected chi connectivity index (χ1v) is 10.1. The van der Waals surface area contributed by atoms with Gasteiger partial charge in [-0.1, -0.05) is 0 Å². The third kappa shape index (κ3) is 4.71. The minimum atomic E-state index is 0.223. The van der Waals surface area contributed by atoms with Crippen molar-refractivity contribution in [2.24, 2.45) is 4.99 Å². The Balaban J connectivity index is 1.55. The summed E-state index contributed by atoms with van der Waals surface area (Å²) < 4.78 is 11.4. The highest BCUT2D eigenvalue weighted by molar-refractivity contribution is 7.11. The Morgan fingerprint density at radius 2 is 2.19 bits per heavy atom. The molecule has 1 unspecified atom stereocenters. The molecule has 0 fully saturated rings. The number of benzene rings is 1. The Hall–Kier alpha value is -2.28. The second kappa shape index (κ2) is 8.61. The Labute approximate surface area is 165 Å². The van der Waals surface area contributed by atoms with E-state index in [1.165, 1.54) is 10.4 Å². The van der Waals surface area contributed by atoms with Crippen LogP contribution in [-0.2, 0) is 19.4 Å². The Kier molecular flexibility index (Phi) is 6.21. The van der Waals surface area contributed by atoms with Crippen LogP contribution in [0.15, 0.2) is 17.1 Å². The fourth-order valence-electron chi connectivity index (χ4n) is 3.14. The van der Waals surface area contributed by atoms with Gasteiger partial charge in [0.05, 0.1) is 17.8 Å². The molecular formula is C20H28N4O2S. The third-order valence-corrected chi connectivity index (χ3v) is 5.81. The van der Waals surface area contributed by atoms with Crippen molar-refractivity contribution in [3.63, 3.8) is 0 Å². The number of nitrogens with one attached hydrogen (secondary N) is 2. The van der Waals surface area contributed by atoms with Crippen LogP contribution in [0.1, 0.15) is 33.6 Å². The summed E-state index contributed by atoms with van der Waals surface area (Å²) in [4.78, 5) is 10.2. The minimum Gasteiger partial charge on any atom is -0.496 e. The van der Waals surface area contributed by atoms with Gasteiger partial charge >= 0.3 is 0 Å². The maximum absolute atomic E-state index is 5.87. The lowest BCUT2D eigenvalue weighted by molar-refractivity contribution is 0.254. The van der Waals surface area contributed by atoms with Gasteiger partial charge in [-0.25, -0.2) is 4.98 Å². The number of aliphatic imine (C=N–C) groups is 1. The monoisotopic (exact) mass is 388 g/mol. The predicted molar refractivity (Wildman–Crippen MR) is 110 cm³/mol. The molecule has 3 rings (SSSR count). The zero-order chi connectivity index (χ0) is 19.4. The van der Waals surface area contributed by atoms with Gasteiger partial charge in [0.2, 0.25) is 0 Å². The second-order valence-electron chi connectivity index (χ2n) is 6.76. The van der Waals surface area contributed by atoms with Gasteiger partial charge in [-0.3, -0.25) is 4.99 Å². The molecule has 0 amide bonds. The first-order valence-electron chi connectivity index (χ1n) is 9.24. The number of methoxy groups -OCH3 is 1. The fraction of sp³-hybridized carbons (Fsp3) is 0.500. The summed E-state index contributed by atoms with van der Waals surface area (Å²) in [5, 5.41) is 7.85. The molecule has 1 aliphatic heterocycles. The van der Waals surface area contributed by atoms with Gasteiger partial charge in [0.15, 0.2) is 5.96 Å². The number of ether oxygens (including phenoxy) is 2. The van der Waals surface area contributed by atoms with Crippen LogP contribution in [0.5, 0.6) is 11.5 Å². The number of thiazole rings is 1. The van der Waals surface area contributed by atoms with Crippen LogP contribution in [0, 0.1) is 13.8 Å². The van der Waals surface area contributed by atoms with E-state index in [9.17, 15) is 0 Å². The van der Waals surface area contributed by atoms with Crippen LogP contribution in [0.3, 0.4) is 0 Å². The van der Waals surface area contributed by atoms with Crippen LogP contribution in [-0.4, -0.2) is 37.7 Å². The highest BCUT2D eigenvalue weighted by Gasteiger charge is 2.21. The van der Waals surface area contributed by atoms with E-state index in [1.54, 1.807) is 25.5 Å². The van der Waals surface area contributed by atoms with Gasteiger partial charge in [-0.05, 0) is 32.9 Å². The molecule has 2 N–H and O–H groups in total. The van der Waals surface area contributed by atoms with Gasteiger partial charge in [0.1, 0.15) is 17.6 Å². The molecule has 6 nitrogen and oxygen atoms in total. The molecular weight excluding hydrogens is 360 g/mol. The molecule has 0 bridgehead atoms. The molecule has 146 valence electrons. The van der Waals surface area contributed by atoms with Gasteiger partial charge in [-0.2, -0.15) is 0 Å². The van der Waals surface area contributed by atoms with Crippen LogP contribution in [0.25, 0.3) is 0 Å². The molecule has 1 aromatic heterocycles. The first kappa shape index (κ1) is 19.5. The van der Waals surface area contributed by atoms with Crippen LogP contribution in [0.2, 0.25) is 0 Å². The SMILES string of the molecule is CN=C(NCCc1nc(C)c(C)s1)NCc1cc2c(cc1OC)CC(C)O2. The van der Waals surface area contributed by atoms with Gasteiger partial charge in [-0.15, -0.1) is 11.3 Å². The first-order chi connectivity index (χ1) is 13.0. The summed E-state index contributed by atoms with van der Waals surface area (Å²) in [5.74, 6) is 2.59. The molecule has 1 aromatic carbocycles. The van der Waals surface area contributed by atoms with Crippen LogP contribution < -0.4 is 20.1 Å². The second-order valence-corrected chi connectivity index (χ2v) is 8.04. The number of nitrogens with zero attached hydrogens (tertiary/aromatic N) is 2. The number of fused-ring (bicyclic) bond motifs is 1. The minimum absolute atomic E-state index is 0.223. The topological polar surface area (TPSA) is 67.8 Å². The summed E-state index contributed by atoms with van der Waals surface area (Å²) in [6.45, 7) is 7.65. The highest BCUT2D eigenvalue weighted by Crippen LogP contribution is 2.34. The molecule has 0 spiro atoms. The standard InChI is InChI=1S/C20H28N4O2S/c1-12-8-15-9-17(25-5)16(10-18(15)26-12)11-23-20(21-4)22-7-6-19-24-13(2)14(3)27-19/h9-10,12H,6-8,11H2,1-5H3,(H2,21,22,23). The lowest BCUT2D eigenvalue weighted by Crippen LogP contribution is -2.37. The van der Waals surface area contributed by atoms with Crippen molar-refractivity contribution in [1.29, 1.82) is 0 Å². The number of hydrogen-bond donors (Lipinski definition) is 2. The summed E-state index contributed by atoms with van der Waals surface area (Å²) in [5.41, 5.74) is 3.39. The third-order valence-electron chi connectivity index (χ3n) is 4.67. The predicted octanol–water partition coefficient (Wildman–Crippen LogP) is 3.00. The van der Waals surface area contributed by atoms with Crippen molar-refractivity contribution in [3.05, 3.63) is 38.8 Å². The lowest BCUT2D eigenvalue weighted by atomic mass is 10.1. The average molecular weight is 389 g/mol. The number of hydrogen-bond acceptors (Lipinski definition) is 5. The zero-order valence-electron chi connectivity index (χ0n) is 16.7. The van der Waals surface area contributed by atoms with Crippen LogP contribution >= 0.6 is 11.3 Å². The highest BCUT2D eigenvalue weighted by atomic mass is 32.1. The van der Waals surface area contributed by atoms with Crippen molar-refractivity contribution in [2.75, 3.05) is 20.7 Å². The molecule has 0 saturated heterocycles. The normalized spacial score (nSPS) is 16.0. The fourth-order valence-corrected chi connectivity index (χ4v) is 4.08. The van der Waals surface area contributed by atoms with E-state index in [4.69, 9.17) is 9.47 Å². The van der Waals surface area contributed by atoms with Crippen molar-refractivity contribution >= 4 is 17.3 Å². The van der Waals surface area contributed by atoms with Gasteiger partial charge < -0.3 is 20.1 Å². The van der Waals surface area contributed by atoms with E-state index in [0.29, 0.717) is 6.54 Å². The number of aryl methyl sites for hydroxylation is 2. The molecule has 0 aliphatic carbocycles. The Bertz CT molecular complexity index is 812. The molecule has 2 heterocycles. The van der Waals surface area contributed by atoms with Crippen LogP contribution in [0.4, 0.5) is 0 Å². The summed E-state index contributed by atoms with van der Waals surface area (Å²) in [7, 11) is 3.48. The maximum atomic E-state index is 5.87. The number of aromatic nitrogens is 1. The van der Waals surface area contributed by atoms with Crippen molar-refractivity contribution in [1.82, 2.24) is 15.6 Å². The molecule has 1 aliphatic rings. The smallest absolute Gasteiger partial charge is 0.191 e. The molecule has 0 saturated carbocycles. The van der Waals surface area contributed by atoms with Gasteiger partial charge in [0, 0.05) is 49.0 Å². The Morgan fingerprint density at radius 3 is 2.85 bits per heavy atom. The summed E-state index contributed by atoms with van der Waals surface area (Å²) in [6.07, 6.45) is 2.03. The van der Waals surface area contributed by atoms with Crippen molar-refractivity contribution in [2.45, 2.75) is 46.3 Å². The van der Waals surface area contributed by atoms with Gasteiger partial charge in [0.25, 0.3) is 0 Å². The summed E-state index contributed by atoms with van der Waals surface area (Å²) in [6, 6.07) is 4.15. The van der Waals surface area contributed by atoms with E-state index in [-0.39, 0.29) is 6.10 Å². The van der Waals surface area contributed by atoms with Crippen molar-refractivity contribution in [3.8, 4) is 11.5 Å². The van der Waals surface area contributed by atoms with E-state index >= 15 is 0 Å². The quantitative estimate of drug-likeness (QED) is 0.588. The van der Waals surface area contributed by atoms with E-state index in [2.05, 4.69) is 53.5 Å². The van der Waals surface area contributed by atoms with E-state index < -0.39 is 0 Å². The average Bonchev–Trinajstić information content (AvgIpc) is 3.17. The largest absolute Gasteiger partial charge is 0.496 e. The molecule has 7 heteroatoms. The molecule has 0 radical (unpaired) electrons. The lowest BCUT2D eigenvalue weighted by Gasteiger charge is -2.14. The van der Waals surface area contributed by atoms with E-state index in [1.807, 2.05) is 0 Å². The van der Waals surface area contributed by atoms with E-state index in [0.717, 1.165) is 53.1 Å². The van der Waals surface area contributed by atoms with Crippen molar-refractivity contribution < 1.29 is 9.47 Å². The zero-order valence-corrected chi connectivity index (χ0v) is 17.5. The molecule has 1 atom stereocenters. The maximum Gasteiger partial charge on any atom is 0.191 e. The summed E-state index contributed by atoms with van der Waals surface area (Å²) >= 11 is 1.76. The Morgan fingerprint density at radius 1 is 1.37 bits per heavy atom.